The highest BCUT2D eigenvalue weighted by Crippen LogP contribution is 2.65. The van der Waals surface area contributed by atoms with Gasteiger partial charge in [-0.05, 0) is 36.8 Å². The summed E-state index contributed by atoms with van der Waals surface area (Å²) in [5.74, 6) is 0. The molecule has 0 unspecified atom stereocenters. The van der Waals surface area contributed by atoms with Gasteiger partial charge in [0.25, 0.3) is 0 Å². The fourth-order valence-corrected chi connectivity index (χ4v) is 9.61. The second-order valence-corrected chi connectivity index (χ2v) is 13.8. The minimum Gasteiger partial charge on any atom is -1.00 e. The van der Waals surface area contributed by atoms with Crippen LogP contribution in [0.25, 0.3) is 0 Å². The molecular formula is C30H48BrP. The van der Waals surface area contributed by atoms with Crippen LogP contribution in [0.2, 0.25) is 0 Å². The standard InChI is InChI=1S/C30H48P.BrH/c1-3-5-7-9-11-19-25-31(26-20-12-10-8-6-4-2,27-29-21-15-13-16-22-29)28-30-23-17-14-18-24-30;/h13-18,21-24H,3-12,19-20,25-28H2,1-2H3;1H/q+1;/p-1. The molecule has 2 aromatic carbocycles. The highest BCUT2D eigenvalue weighted by Gasteiger charge is 2.36. The van der Waals surface area contributed by atoms with Crippen molar-refractivity contribution in [3.8, 4) is 0 Å². The molecule has 0 aliphatic heterocycles. The van der Waals surface area contributed by atoms with Crippen LogP contribution in [0, 0.1) is 0 Å². The van der Waals surface area contributed by atoms with E-state index in [0.29, 0.717) is 0 Å². The second-order valence-electron chi connectivity index (χ2n) is 9.61. The lowest BCUT2D eigenvalue weighted by Gasteiger charge is -2.29. The van der Waals surface area contributed by atoms with E-state index in [0.717, 1.165) is 0 Å². The number of hydrogen-bond acceptors (Lipinski definition) is 0. The van der Waals surface area contributed by atoms with Crippen LogP contribution in [0.5, 0.6) is 0 Å². The van der Waals surface area contributed by atoms with E-state index in [9.17, 15) is 0 Å². The summed E-state index contributed by atoms with van der Waals surface area (Å²) in [5, 5.41) is 0. The van der Waals surface area contributed by atoms with E-state index in [-0.39, 0.29) is 17.0 Å². The van der Waals surface area contributed by atoms with E-state index >= 15 is 0 Å². The first kappa shape index (κ1) is 29.4. The maximum absolute atomic E-state index is 2.38. The Morgan fingerprint density at radius 2 is 0.812 bits per heavy atom. The molecular weight excluding hydrogens is 471 g/mol. The van der Waals surface area contributed by atoms with Crippen molar-refractivity contribution in [3.05, 3.63) is 71.8 Å². The van der Waals surface area contributed by atoms with Gasteiger partial charge in [0, 0.05) is 7.26 Å². The van der Waals surface area contributed by atoms with Gasteiger partial charge >= 0.3 is 0 Å². The van der Waals surface area contributed by atoms with Gasteiger partial charge in [0.15, 0.2) is 0 Å². The van der Waals surface area contributed by atoms with Gasteiger partial charge in [0.05, 0.1) is 24.6 Å². The predicted molar refractivity (Wildman–Crippen MR) is 144 cm³/mol. The molecule has 0 N–H and O–H groups in total. The van der Waals surface area contributed by atoms with Crippen molar-refractivity contribution in [1.29, 1.82) is 0 Å². The average Bonchev–Trinajstić information content (AvgIpc) is 2.80. The molecule has 0 nitrogen and oxygen atoms in total. The minimum atomic E-state index is -1.05. The van der Waals surface area contributed by atoms with Crippen molar-refractivity contribution in [2.75, 3.05) is 12.3 Å². The van der Waals surface area contributed by atoms with Crippen LogP contribution < -0.4 is 17.0 Å². The summed E-state index contributed by atoms with van der Waals surface area (Å²) < 4.78 is 0. The molecule has 0 bridgehead atoms. The zero-order valence-electron chi connectivity index (χ0n) is 20.9. The number of hydrogen-bond donors (Lipinski definition) is 0. The van der Waals surface area contributed by atoms with Crippen molar-refractivity contribution in [2.45, 2.75) is 103 Å². The van der Waals surface area contributed by atoms with E-state index in [1.165, 1.54) is 102 Å². The Morgan fingerprint density at radius 3 is 1.19 bits per heavy atom. The van der Waals surface area contributed by atoms with Crippen molar-refractivity contribution < 1.29 is 17.0 Å². The van der Waals surface area contributed by atoms with Crippen LogP contribution in [0.4, 0.5) is 0 Å². The van der Waals surface area contributed by atoms with Gasteiger partial charge in [-0.1, -0.05) is 126 Å². The summed E-state index contributed by atoms with van der Waals surface area (Å²) in [6, 6.07) is 22.8. The molecule has 2 aromatic rings. The fourth-order valence-electron chi connectivity index (χ4n) is 4.88. The van der Waals surface area contributed by atoms with E-state index in [2.05, 4.69) is 74.5 Å². The fraction of sp³-hybridized carbons (Fsp3) is 0.600. The lowest BCUT2D eigenvalue weighted by molar-refractivity contribution is -0.00000678. The Labute approximate surface area is 211 Å². The number of benzene rings is 2. The number of halogens is 1. The van der Waals surface area contributed by atoms with Gasteiger partial charge in [-0.3, -0.25) is 0 Å². The van der Waals surface area contributed by atoms with Gasteiger partial charge in [0.2, 0.25) is 0 Å². The molecule has 32 heavy (non-hydrogen) atoms. The first-order chi connectivity index (χ1) is 15.3. The lowest BCUT2D eigenvalue weighted by atomic mass is 10.1. The Kier molecular flexibility index (Phi) is 17.2. The molecule has 180 valence electrons. The third kappa shape index (κ3) is 12.6. The molecule has 0 aliphatic rings. The molecule has 0 aromatic heterocycles. The van der Waals surface area contributed by atoms with Gasteiger partial charge in [-0.15, -0.1) is 0 Å². The normalized spacial score (nSPS) is 11.3. The monoisotopic (exact) mass is 518 g/mol. The molecule has 0 aliphatic carbocycles. The molecule has 0 fully saturated rings. The van der Waals surface area contributed by atoms with Crippen LogP contribution >= 0.6 is 7.26 Å². The summed E-state index contributed by atoms with van der Waals surface area (Å²) >= 11 is 0. The third-order valence-corrected chi connectivity index (χ3v) is 11.3. The van der Waals surface area contributed by atoms with Gasteiger partial charge < -0.3 is 17.0 Å². The largest absolute Gasteiger partial charge is 1.00 e. The molecule has 0 amide bonds. The van der Waals surface area contributed by atoms with Crippen LogP contribution in [0.1, 0.15) is 102 Å². The zero-order chi connectivity index (χ0) is 22.0. The molecule has 0 heterocycles. The first-order valence-corrected chi connectivity index (χ1v) is 15.7. The van der Waals surface area contributed by atoms with Crippen LogP contribution in [-0.2, 0) is 12.3 Å². The van der Waals surface area contributed by atoms with Crippen LogP contribution in [0.15, 0.2) is 60.7 Å². The molecule has 0 saturated carbocycles. The molecule has 0 spiro atoms. The zero-order valence-corrected chi connectivity index (χ0v) is 23.4. The quantitative estimate of drug-likeness (QED) is 0.145. The second kappa shape index (κ2) is 18.7. The Hall–Kier alpha value is -0.650. The third-order valence-electron chi connectivity index (χ3n) is 6.69. The van der Waals surface area contributed by atoms with Gasteiger partial charge in [0.1, 0.15) is 0 Å². The predicted octanol–water partition coefficient (Wildman–Crippen LogP) is 7.13. The van der Waals surface area contributed by atoms with E-state index in [1.807, 2.05) is 0 Å². The summed E-state index contributed by atoms with van der Waals surface area (Å²) in [7, 11) is -1.05. The van der Waals surface area contributed by atoms with Crippen molar-refractivity contribution in [1.82, 2.24) is 0 Å². The van der Waals surface area contributed by atoms with Crippen LogP contribution in [0.3, 0.4) is 0 Å². The Balaban J connectivity index is 0.00000512. The molecule has 0 atom stereocenters. The van der Waals surface area contributed by atoms with Crippen molar-refractivity contribution >= 4 is 7.26 Å². The summed E-state index contributed by atoms with van der Waals surface area (Å²) in [5.41, 5.74) is 3.15. The van der Waals surface area contributed by atoms with Crippen molar-refractivity contribution in [2.24, 2.45) is 0 Å². The Bertz CT molecular complexity index is 596. The van der Waals surface area contributed by atoms with E-state index in [1.54, 1.807) is 11.1 Å². The van der Waals surface area contributed by atoms with E-state index in [4.69, 9.17) is 0 Å². The smallest absolute Gasteiger partial charge is 0.0846 e. The first-order valence-electron chi connectivity index (χ1n) is 13.2. The van der Waals surface area contributed by atoms with Crippen molar-refractivity contribution in [3.63, 3.8) is 0 Å². The van der Waals surface area contributed by atoms with Gasteiger partial charge in [-0.25, -0.2) is 0 Å². The summed E-state index contributed by atoms with van der Waals surface area (Å²) in [4.78, 5) is 0. The molecule has 2 heteroatoms. The molecule has 0 radical (unpaired) electrons. The lowest BCUT2D eigenvalue weighted by Crippen LogP contribution is -3.00. The SMILES string of the molecule is CCCCCCCC[P+](CCCCCCCC)(Cc1ccccc1)Cc1ccccc1.[Br-]. The average molecular weight is 520 g/mol. The van der Waals surface area contributed by atoms with Crippen LogP contribution in [-0.4, -0.2) is 12.3 Å². The highest BCUT2D eigenvalue weighted by atomic mass is 79.9. The topological polar surface area (TPSA) is 0 Å². The highest BCUT2D eigenvalue weighted by molar-refractivity contribution is 7.74. The van der Waals surface area contributed by atoms with Gasteiger partial charge in [-0.2, -0.15) is 0 Å². The number of unbranched alkanes of at least 4 members (excludes halogenated alkanes) is 10. The maximum Gasteiger partial charge on any atom is 0.0846 e. The van der Waals surface area contributed by atoms with E-state index < -0.39 is 7.26 Å². The summed E-state index contributed by atoms with van der Waals surface area (Å²) in [6.07, 6.45) is 22.6. The number of rotatable bonds is 18. The molecule has 0 saturated heterocycles. The molecule has 2 rings (SSSR count). The minimum absolute atomic E-state index is 0. The Morgan fingerprint density at radius 1 is 0.469 bits per heavy atom. The summed E-state index contributed by atoms with van der Waals surface area (Å²) in [6.45, 7) is 4.63. The maximum atomic E-state index is 2.38.